The Hall–Kier alpha value is -1.77. The topological polar surface area (TPSA) is 55.1 Å². The van der Waals surface area contributed by atoms with Gasteiger partial charge >= 0.3 is 0 Å². The van der Waals surface area contributed by atoms with Crippen molar-refractivity contribution in [2.45, 2.75) is 13.8 Å². The van der Waals surface area contributed by atoms with Crippen LogP contribution in [0.25, 0.3) is 6.08 Å². The van der Waals surface area contributed by atoms with Crippen LogP contribution in [-0.2, 0) is 4.79 Å². The Balaban J connectivity index is 2.57. The van der Waals surface area contributed by atoms with E-state index in [1.807, 2.05) is 37.3 Å². The van der Waals surface area contributed by atoms with Gasteiger partial charge in [-0.25, -0.2) is 0 Å². The van der Waals surface area contributed by atoms with Crippen molar-refractivity contribution in [2.24, 2.45) is 0 Å². The van der Waals surface area contributed by atoms with E-state index in [-0.39, 0.29) is 5.91 Å². The summed E-state index contributed by atoms with van der Waals surface area (Å²) in [5, 5.41) is 2.69. The van der Waals surface area contributed by atoms with E-state index in [0.29, 0.717) is 6.54 Å². The molecule has 0 atom stereocenters. The molecule has 3 nitrogen and oxygen atoms in total. The van der Waals surface area contributed by atoms with Gasteiger partial charge in [0, 0.05) is 19.2 Å². The summed E-state index contributed by atoms with van der Waals surface area (Å²) in [6.07, 6.45) is 3.87. The molecule has 0 aliphatic rings. The summed E-state index contributed by atoms with van der Waals surface area (Å²) in [6, 6.07) is 5.85. The molecule has 0 saturated carbocycles. The first kappa shape index (κ1) is 11.3. The van der Waals surface area contributed by atoms with Crippen LogP contribution >= 0.6 is 0 Å². The van der Waals surface area contributed by atoms with Gasteiger partial charge in [-0.05, 0) is 24.1 Å². The van der Waals surface area contributed by atoms with Crippen LogP contribution in [0, 0.1) is 6.92 Å². The number of anilines is 1. The highest BCUT2D eigenvalue weighted by molar-refractivity contribution is 5.73. The lowest BCUT2D eigenvalue weighted by Gasteiger charge is -2.00. The summed E-state index contributed by atoms with van der Waals surface area (Å²) >= 11 is 0. The van der Waals surface area contributed by atoms with E-state index in [2.05, 4.69) is 5.32 Å². The maximum absolute atomic E-state index is 10.6. The van der Waals surface area contributed by atoms with Crippen LogP contribution in [-0.4, -0.2) is 12.5 Å². The fraction of sp³-hybridized carbons (Fsp3) is 0.250. The zero-order valence-electron chi connectivity index (χ0n) is 9.08. The number of carbonyl (C=O) groups excluding carboxylic acids is 1. The minimum absolute atomic E-state index is 0.0202. The van der Waals surface area contributed by atoms with E-state index in [0.717, 1.165) is 16.8 Å². The molecular weight excluding hydrogens is 188 g/mol. The molecule has 0 spiro atoms. The van der Waals surface area contributed by atoms with E-state index in [9.17, 15) is 4.79 Å². The van der Waals surface area contributed by atoms with Crippen LogP contribution in [0.5, 0.6) is 0 Å². The van der Waals surface area contributed by atoms with Crippen molar-refractivity contribution in [3.63, 3.8) is 0 Å². The fourth-order valence-electron chi connectivity index (χ4n) is 1.20. The number of benzene rings is 1. The Morgan fingerprint density at radius 3 is 2.87 bits per heavy atom. The first-order valence-corrected chi connectivity index (χ1v) is 4.86. The normalized spacial score (nSPS) is 10.5. The Morgan fingerprint density at radius 1 is 1.53 bits per heavy atom. The maximum atomic E-state index is 10.6. The predicted molar refractivity (Wildman–Crippen MR) is 63.3 cm³/mol. The number of amides is 1. The standard InChI is InChI=1S/C12H16N2O/c1-9-8-11(5-6-12(9)13)4-3-7-14-10(2)15/h3-6,8H,7,13H2,1-2H3,(H,14,15). The minimum Gasteiger partial charge on any atom is -0.399 e. The number of hydrogen-bond donors (Lipinski definition) is 2. The van der Waals surface area contributed by atoms with Gasteiger partial charge in [-0.3, -0.25) is 4.79 Å². The quantitative estimate of drug-likeness (QED) is 0.737. The van der Waals surface area contributed by atoms with E-state index >= 15 is 0 Å². The largest absolute Gasteiger partial charge is 0.399 e. The highest BCUT2D eigenvalue weighted by atomic mass is 16.1. The third kappa shape index (κ3) is 3.85. The number of hydrogen-bond acceptors (Lipinski definition) is 2. The number of rotatable bonds is 3. The second-order valence-corrected chi connectivity index (χ2v) is 3.46. The van der Waals surface area contributed by atoms with Gasteiger partial charge < -0.3 is 11.1 Å². The molecule has 0 heterocycles. The van der Waals surface area contributed by atoms with E-state index in [1.54, 1.807) is 0 Å². The van der Waals surface area contributed by atoms with Gasteiger partial charge in [0.2, 0.25) is 5.91 Å². The summed E-state index contributed by atoms with van der Waals surface area (Å²) in [5.41, 5.74) is 8.66. The van der Waals surface area contributed by atoms with E-state index < -0.39 is 0 Å². The first-order chi connectivity index (χ1) is 7.09. The molecule has 0 radical (unpaired) electrons. The Labute approximate surface area is 90.0 Å². The van der Waals surface area contributed by atoms with E-state index in [4.69, 9.17) is 5.73 Å². The molecular formula is C12H16N2O. The van der Waals surface area contributed by atoms with Crippen molar-refractivity contribution in [2.75, 3.05) is 12.3 Å². The zero-order chi connectivity index (χ0) is 11.3. The Bertz CT molecular complexity index is 383. The molecule has 0 fully saturated rings. The van der Waals surface area contributed by atoms with Crippen molar-refractivity contribution in [3.8, 4) is 0 Å². The van der Waals surface area contributed by atoms with Crippen LogP contribution < -0.4 is 11.1 Å². The lowest BCUT2D eigenvalue weighted by molar-refractivity contribution is -0.118. The molecule has 15 heavy (non-hydrogen) atoms. The lowest BCUT2D eigenvalue weighted by atomic mass is 10.1. The van der Waals surface area contributed by atoms with Gasteiger partial charge in [-0.2, -0.15) is 0 Å². The highest BCUT2D eigenvalue weighted by Crippen LogP contribution is 2.13. The predicted octanol–water partition coefficient (Wildman–Crippen LogP) is 1.73. The van der Waals surface area contributed by atoms with Gasteiger partial charge in [-0.15, -0.1) is 0 Å². The smallest absolute Gasteiger partial charge is 0.217 e. The average Bonchev–Trinajstić information content (AvgIpc) is 2.18. The van der Waals surface area contributed by atoms with Crippen molar-refractivity contribution in [1.82, 2.24) is 5.32 Å². The van der Waals surface area contributed by atoms with Gasteiger partial charge in [0.25, 0.3) is 0 Å². The molecule has 0 aromatic heterocycles. The third-order valence-electron chi connectivity index (χ3n) is 2.07. The minimum atomic E-state index is -0.0202. The lowest BCUT2D eigenvalue weighted by Crippen LogP contribution is -2.19. The zero-order valence-corrected chi connectivity index (χ0v) is 9.08. The van der Waals surface area contributed by atoms with Crippen LogP contribution in [0.2, 0.25) is 0 Å². The summed E-state index contributed by atoms with van der Waals surface area (Å²) in [4.78, 5) is 10.6. The van der Waals surface area contributed by atoms with Crippen molar-refractivity contribution in [3.05, 3.63) is 35.4 Å². The van der Waals surface area contributed by atoms with Crippen molar-refractivity contribution >= 4 is 17.7 Å². The van der Waals surface area contributed by atoms with Gasteiger partial charge in [0.15, 0.2) is 0 Å². The maximum Gasteiger partial charge on any atom is 0.217 e. The van der Waals surface area contributed by atoms with Gasteiger partial charge in [0.1, 0.15) is 0 Å². The van der Waals surface area contributed by atoms with Crippen molar-refractivity contribution < 1.29 is 4.79 Å². The molecule has 0 aliphatic carbocycles. The number of nitrogens with two attached hydrogens (primary N) is 1. The van der Waals surface area contributed by atoms with Crippen LogP contribution in [0.15, 0.2) is 24.3 Å². The molecule has 1 aromatic rings. The van der Waals surface area contributed by atoms with Gasteiger partial charge in [0.05, 0.1) is 0 Å². The monoisotopic (exact) mass is 204 g/mol. The number of nitrogen functional groups attached to an aromatic ring is 1. The van der Waals surface area contributed by atoms with Crippen molar-refractivity contribution in [1.29, 1.82) is 0 Å². The fourth-order valence-corrected chi connectivity index (χ4v) is 1.20. The first-order valence-electron chi connectivity index (χ1n) is 4.86. The molecule has 0 bridgehead atoms. The molecule has 0 saturated heterocycles. The van der Waals surface area contributed by atoms with Crippen LogP contribution in [0.4, 0.5) is 5.69 Å². The highest BCUT2D eigenvalue weighted by Gasteiger charge is 1.93. The number of aryl methyl sites for hydroxylation is 1. The second kappa shape index (κ2) is 5.20. The Morgan fingerprint density at radius 2 is 2.27 bits per heavy atom. The van der Waals surface area contributed by atoms with Crippen LogP contribution in [0.1, 0.15) is 18.1 Å². The molecule has 1 amide bonds. The Kier molecular flexibility index (Phi) is 3.92. The molecule has 3 N–H and O–H groups in total. The second-order valence-electron chi connectivity index (χ2n) is 3.46. The van der Waals surface area contributed by atoms with Gasteiger partial charge in [-0.1, -0.05) is 24.3 Å². The summed E-state index contributed by atoms with van der Waals surface area (Å²) < 4.78 is 0. The number of carbonyl (C=O) groups is 1. The molecule has 0 aliphatic heterocycles. The molecule has 1 rings (SSSR count). The van der Waals surface area contributed by atoms with E-state index in [1.165, 1.54) is 6.92 Å². The molecule has 1 aromatic carbocycles. The molecule has 3 heteroatoms. The third-order valence-corrected chi connectivity index (χ3v) is 2.07. The van der Waals surface area contributed by atoms with Crippen LogP contribution in [0.3, 0.4) is 0 Å². The summed E-state index contributed by atoms with van der Waals surface area (Å²) in [7, 11) is 0. The molecule has 0 unspecified atom stereocenters. The average molecular weight is 204 g/mol. The number of nitrogens with one attached hydrogen (secondary N) is 1. The SMILES string of the molecule is CC(=O)NCC=Cc1ccc(N)c(C)c1. The summed E-state index contributed by atoms with van der Waals surface area (Å²) in [5.74, 6) is -0.0202. The summed E-state index contributed by atoms with van der Waals surface area (Å²) in [6.45, 7) is 4.03. The molecule has 80 valence electrons.